The molecule has 69 heavy (non-hydrogen) atoms. The Bertz CT molecular complexity index is 1970. The van der Waals surface area contributed by atoms with Crippen LogP contribution >= 0.6 is 0 Å². The van der Waals surface area contributed by atoms with Crippen molar-refractivity contribution in [3.8, 4) is 5.75 Å². The van der Waals surface area contributed by atoms with Crippen molar-refractivity contribution in [2.24, 2.45) is 16.5 Å². The van der Waals surface area contributed by atoms with E-state index in [4.69, 9.17) is 11.5 Å². The second kappa shape index (κ2) is 28.9. The van der Waals surface area contributed by atoms with Crippen LogP contribution in [0.3, 0.4) is 0 Å². The molecule has 0 bridgehead atoms. The predicted molar refractivity (Wildman–Crippen MR) is 242 cm³/mol. The van der Waals surface area contributed by atoms with Crippen LogP contribution in [-0.4, -0.2) is 208 Å². The van der Waals surface area contributed by atoms with E-state index in [1.54, 1.807) is 14.7 Å². The lowest BCUT2D eigenvalue weighted by Crippen LogP contribution is -2.58. The maximum atomic E-state index is 14.0. The first-order chi connectivity index (χ1) is 32.7. The summed E-state index contributed by atoms with van der Waals surface area (Å²) >= 11 is 0. The van der Waals surface area contributed by atoms with Gasteiger partial charge in [-0.3, -0.25) is 67.6 Å². The Hall–Kier alpha value is -7.13. The number of carbonyl (C=O) groups excluding carboxylic acids is 6. The van der Waals surface area contributed by atoms with Crippen molar-refractivity contribution >= 4 is 65.3 Å². The van der Waals surface area contributed by atoms with Crippen molar-refractivity contribution in [3.63, 3.8) is 0 Å². The van der Waals surface area contributed by atoms with E-state index in [0.29, 0.717) is 5.56 Å². The summed E-state index contributed by atoms with van der Waals surface area (Å²) in [6.07, 6.45) is -0.987. The summed E-state index contributed by atoms with van der Waals surface area (Å²) in [6.45, 7) is -0.0862. The van der Waals surface area contributed by atoms with Crippen molar-refractivity contribution in [2.75, 3.05) is 72.0 Å². The van der Waals surface area contributed by atoms with E-state index in [0.717, 1.165) is 0 Å². The van der Waals surface area contributed by atoms with E-state index < -0.39 is 102 Å². The van der Waals surface area contributed by atoms with Gasteiger partial charge in [-0.2, -0.15) is 0 Å². The molecule has 0 aliphatic carbocycles. The number of nitrogens with two attached hydrogens (primary N) is 2. The molecule has 6 amide bonds. The standard InChI is InChI=1S/C42H64N12O15/c43-42(44)46-13-3-5-27-37(64)47-22-33(57)48-30(21-34(58)59)40(67)51-29(20-25-6-8-26(55)9-7-25)39(66)50-28(38(65)49-27)4-1-2-12-45-32(56)11-10-31(41(68)69)54-18-16-52(23-35(60)61)14-15-53(17-19-54)24-36(62)63/h6-9,27-31,55H,1-5,10-24H2,(H,45,56)(H,47,64)(H,48,57)(H,49,65)(H,50,66)(H,51,67)(H,58,59)(H,60,61)(H,62,63)(H,68,69)(H4,43,44,46). The first kappa shape index (κ1) is 56.2. The molecule has 1 aromatic carbocycles. The fourth-order valence-corrected chi connectivity index (χ4v) is 7.54. The summed E-state index contributed by atoms with van der Waals surface area (Å²) in [5.74, 6) is -10.3. The zero-order valence-corrected chi connectivity index (χ0v) is 38.1. The zero-order valence-electron chi connectivity index (χ0n) is 38.1. The topological polar surface area (TPSA) is 418 Å². The molecule has 2 aliphatic heterocycles. The Morgan fingerprint density at radius 1 is 0.681 bits per heavy atom. The van der Waals surface area contributed by atoms with Crippen LogP contribution in [0.4, 0.5) is 0 Å². The number of aromatic hydroxyl groups is 1. The minimum absolute atomic E-state index is 0.0410. The SMILES string of the molecule is NC(N)=NCCCC1NC(=O)C(CCCCNC(=O)CCC(C(=O)O)N2CCN(CC(=O)O)CCN(CC(=O)O)CC2)NC(=O)C(Cc2ccc(O)cc2)NC(=O)C(CC(=O)O)NC(=O)CNC1=O. The molecule has 27 nitrogen and oxygen atoms in total. The van der Waals surface area contributed by atoms with E-state index in [1.807, 2.05) is 0 Å². The summed E-state index contributed by atoms with van der Waals surface area (Å²) in [4.78, 5) is 137. The highest BCUT2D eigenvalue weighted by Crippen LogP contribution is 2.14. The number of hydrogen-bond donors (Lipinski definition) is 13. The molecule has 0 saturated carbocycles. The number of rotatable bonds is 22. The number of unbranched alkanes of at least 4 members (excludes halogenated alkanes) is 1. The smallest absolute Gasteiger partial charge is 0.320 e. The van der Waals surface area contributed by atoms with Crippen molar-refractivity contribution in [1.29, 1.82) is 0 Å². The normalized spacial score (nSPS) is 21.1. The van der Waals surface area contributed by atoms with Gasteiger partial charge in [0.15, 0.2) is 5.96 Å². The lowest BCUT2D eigenvalue weighted by Gasteiger charge is -2.30. The number of amides is 6. The van der Waals surface area contributed by atoms with E-state index in [9.17, 15) is 73.5 Å². The van der Waals surface area contributed by atoms with Gasteiger partial charge in [-0.25, -0.2) is 0 Å². The molecule has 0 aromatic heterocycles. The van der Waals surface area contributed by atoms with Gasteiger partial charge in [0, 0.05) is 65.2 Å². The Labute approximate surface area is 396 Å². The van der Waals surface area contributed by atoms with Gasteiger partial charge in [-0.05, 0) is 56.2 Å². The number of hydrogen-bond acceptors (Lipinski definition) is 15. The first-order valence-electron chi connectivity index (χ1n) is 22.4. The molecule has 0 spiro atoms. The summed E-state index contributed by atoms with van der Waals surface area (Å²) in [7, 11) is 0. The van der Waals surface area contributed by atoms with E-state index in [2.05, 4.69) is 36.9 Å². The monoisotopic (exact) mass is 976 g/mol. The average Bonchev–Trinajstić information content (AvgIpc) is 3.35. The largest absolute Gasteiger partial charge is 0.508 e. The molecule has 2 saturated heterocycles. The quantitative estimate of drug-likeness (QED) is 0.0294. The van der Waals surface area contributed by atoms with Crippen LogP contribution in [0.1, 0.15) is 56.9 Å². The van der Waals surface area contributed by atoms with Crippen LogP contribution in [0.15, 0.2) is 29.3 Å². The van der Waals surface area contributed by atoms with Gasteiger partial charge in [0.05, 0.1) is 26.1 Å². The van der Waals surface area contributed by atoms with Gasteiger partial charge in [0.1, 0.15) is 36.0 Å². The number of nitrogens with zero attached hydrogens (tertiary/aromatic N) is 4. The predicted octanol–water partition coefficient (Wildman–Crippen LogP) is -4.86. The molecule has 382 valence electrons. The number of aliphatic imine (C=N–C) groups is 1. The van der Waals surface area contributed by atoms with Gasteiger partial charge in [-0.1, -0.05) is 12.1 Å². The minimum atomic E-state index is -1.69. The molecule has 5 atom stereocenters. The Morgan fingerprint density at radius 3 is 1.78 bits per heavy atom. The average molecular weight is 977 g/mol. The third-order valence-electron chi connectivity index (χ3n) is 11.1. The van der Waals surface area contributed by atoms with Crippen LogP contribution in [-0.2, 0) is 54.4 Å². The third-order valence-corrected chi connectivity index (χ3v) is 11.1. The van der Waals surface area contributed by atoms with E-state index in [-0.39, 0.29) is 129 Å². The Morgan fingerprint density at radius 2 is 1.22 bits per heavy atom. The number of aliphatic carboxylic acids is 4. The van der Waals surface area contributed by atoms with Crippen LogP contribution in [0.2, 0.25) is 0 Å². The molecular formula is C42H64N12O15. The lowest BCUT2D eigenvalue weighted by atomic mass is 10.0. The van der Waals surface area contributed by atoms with Gasteiger partial charge in [0.25, 0.3) is 0 Å². The molecule has 1 aromatic rings. The van der Waals surface area contributed by atoms with Crippen molar-refractivity contribution in [1.82, 2.24) is 46.6 Å². The molecule has 0 radical (unpaired) electrons. The summed E-state index contributed by atoms with van der Waals surface area (Å²) < 4.78 is 0. The highest BCUT2D eigenvalue weighted by molar-refractivity contribution is 5.98. The highest BCUT2D eigenvalue weighted by Gasteiger charge is 2.34. The molecular weight excluding hydrogens is 913 g/mol. The van der Waals surface area contributed by atoms with Crippen molar-refractivity contribution < 1.29 is 73.5 Å². The van der Waals surface area contributed by atoms with Crippen LogP contribution in [0.25, 0.3) is 0 Å². The number of carbonyl (C=O) groups is 10. The Kier molecular flexibility index (Phi) is 23.5. The number of benzene rings is 1. The fourth-order valence-electron chi connectivity index (χ4n) is 7.54. The summed E-state index contributed by atoms with van der Waals surface area (Å²) in [6, 6.07) is -1.37. The molecule has 2 heterocycles. The molecule has 2 fully saturated rings. The minimum Gasteiger partial charge on any atom is -0.508 e. The fraction of sp³-hybridized carbons (Fsp3) is 0.595. The zero-order chi connectivity index (χ0) is 51.0. The molecule has 2 aliphatic rings. The third kappa shape index (κ3) is 21.6. The van der Waals surface area contributed by atoms with Gasteiger partial charge in [-0.15, -0.1) is 0 Å². The Balaban J connectivity index is 1.77. The molecule has 27 heteroatoms. The second-order valence-electron chi connectivity index (χ2n) is 16.6. The van der Waals surface area contributed by atoms with Crippen LogP contribution in [0.5, 0.6) is 5.75 Å². The first-order valence-corrected chi connectivity index (χ1v) is 22.4. The van der Waals surface area contributed by atoms with E-state index >= 15 is 0 Å². The number of nitrogens with one attached hydrogen (secondary N) is 6. The van der Waals surface area contributed by atoms with Crippen LogP contribution < -0.4 is 43.4 Å². The number of guanidine groups is 1. The number of carboxylic acids is 4. The molecule has 15 N–H and O–H groups in total. The van der Waals surface area contributed by atoms with Crippen molar-refractivity contribution in [2.45, 2.75) is 88.0 Å². The number of phenolic OH excluding ortho intramolecular Hbond substituents is 1. The maximum absolute atomic E-state index is 14.0. The maximum Gasteiger partial charge on any atom is 0.320 e. The lowest BCUT2D eigenvalue weighted by molar-refractivity contribution is -0.145. The van der Waals surface area contributed by atoms with Gasteiger partial charge >= 0.3 is 23.9 Å². The number of phenols is 1. The van der Waals surface area contributed by atoms with Crippen molar-refractivity contribution in [3.05, 3.63) is 29.8 Å². The highest BCUT2D eigenvalue weighted by atomic mass is 16.4. The summed E-state index contributed by atoms with van der Waals surface area (Å²) in [5.41, 5.74) is 11.3. The summed E-state index contributed by atoms with van der Waals surface area (Å²) in [5, 5.41) is 63.2. The van der Waals surface area contributed by atoms with Crippen LogP contribution in [0, 0.1) is 0 Å². The second-order valence-corrected chi connectivity index (χ2v) is 16.6. The number of carboxylic acid groups (broad SMARTS) is 4. The van der Waals surface area contributed by atoms with Gasteiger partial charge in [0.2, 0.25) is 35.4 Å². The molecule has 3 rings (SSSR count). The van der Waals surface area contributed by atoms with Gasteiger partial charge < -0.3 is 68.9 Å². The van der Waals surface area contributed by atoms with E-state index in [1.165, 1.54) is 24.3 Å². The molecule has 5 unspecified atom stereocenters.